The third-order valence-electron chi connectivity index (χ3n) is 4.09. The number of ether oxygens (including phenoxy) is 1. The van der Waals surface area contributed by atoms with Crippen molar-refractivity contribution in [3.63, 3.8) is 0 Å². The minimum absolute atomic E-state index is 0.100. The molecule has 1 aliphatic heterocycles. The lowest BCUT2D eigenvalue weighted by Gasteiger charge is -2.23. The van der Waals surface area contributed by atoms with Crippen LogP contribution in [0.4, 0.5) is 5.69 Å². The molecule has 114 valence electrons. The van der Waals surface area contributed by atoms with E-state index in [0.717, 1.165) is 28.1 Å². The number of para-hydroxylation sites is 1. The van der Waals surface area contributed by atoms with E-state index in [1.807, 2.05) is 49.4 Å². The van der Waals surface area contributed by atoms with Gasteiger partial charge < -0.3 is 15.4 Å². The van der Waals surface area contributed by atoms with Crippen molar-refractivity contribution in [3.8, 4) is 5.75 Å². The Morgan fingerprint density at radius 2 is 2.05 bits per heavy atom. The van der Waals surface area contributed by atoms with Gasteiger partial charge in [0, 0.05) is 17.8 Å². The average molecular weight is 296 g/mol. The number of nitrogens with two attached hydrogens (primary N) is 1. The summed E-state index contributed by atoms with van der Waals surface area (Å²) in [6.07, 6.45) is 0.452. The highest BCUT2D eigenvalue weighted by Crippen LogP contribution is 2.32. The average Bonchev–Trinajstić information content (AvgIpc) is 2.83. The fourth-order valence-corrected chi connectivity index (χ4v) is 2.96. The zero-order valence-electron chi connectivity index (χ0n) is 12.9. The number of carbonyl (C=O) groups is 1. The van der Waals surface area contributed by atoms with Crippen molar-refractivity contribution in [1.29, 1.82) is 0 Å². The number of rotatable bonds is 4. The van der Waals surface area contributed by atoms with Gasteiger partial charge in [-0.3, -0.25) is 4.79 Å². The number of amides is 1. The number of carbonyl (C=O) groups excluding carboxylic acids is 1. The maximum atomic E-state index is 12.3. The van der Waals surface area contributed by atoms with Crippen LogP contribution < -0.4 is 15.4 Å². The summed E-state index contributed by atoms with van der Waals surface area (Å²) in [5, 5.41) is 0. The Hall–Kier alpha value is -2.33. The molecule has 4 heteroatoms. The maximum absolute atomic E-state index is 12.3. The molecule has 0 radical (unpaired) electrons. The number of nitrogens with zero attached hydrogens (tertiary/aromatic N) is 1. The molecule has 2 N–H and O–H groups in total. The van der Waals surface area contributed by atoms with Gasteiger partial charge in [0.1, 0.15) is 5.75 Å². The normalized spacial score (nSPS) is 14.9. The molecular weight excluding hydrogens is 276 g/mol. The molecule has 0 saturated heterocycles. The van der Waals surface area contributed by atoms with Crippen molar-refractivity contribution in [2.45, 2.75) is 19.4 Å². The molecule has 1 atom stereocenters. The van der Waals surface area contributed by atoms with E-state index < -0.39 is 0 Å². The first-order valence-corrected chi connectivity index (χ1v) is 7.38. The molecule has 0 spiro atoms. The molecule has 0 fully saturated rings. The minimum atomic E-state index is -0.287. The predicted molar refractivity (Wildman–Crippen MR) is 87.2 cm³/mol. The zero-order chi connectivity index (χ0) is 15.7. The number of hydrogen-bond acceptors (Lipinski definition) is 3. The summed E-state index contributed by atoms with van der Waals surface area (Å²) in [6.45, 7) is 2.47. The van der Waals surface area contributed by atoms with E-state index in [4.69, 9.17) is 10.5 Å². The molecule has 0 aromatic heterocycles. The number of hydrogen-bond donors (Lipinski definition) is 1. The minimum Gasteiger partial charge on any atom is -0.496 e. The molecule has 3 rings (SSSR count). The fourth-order valence-electron chi connectivity index (χ4n) is 2.96. The van der Waals surface area contributed by atoms with E-state index in [1.54, 1.807) is 12.0 Å². The van der Waals surface area contributed by atoms with Crippen LogP contribution in [0.1, 0.15) is 22.7 Å². The van der Waals surface area contributed by atoms with Gasteiger partial charge in [-0.2, -0.15) is 0 Å². The highest BCUT2D eigenvalue weighted by molar-refractivity contribution is 6.01. The van der Waals surface area contributed by atoms with Crippen LogP contribution in [0.15, 0.2) is 42.5 Å². The highest BCUT2D eigenvalue weighted by atomic mass is 16.5. The Morgan fingerprint density at radius 1 is 1.27 bits per heavy atom. The van der Waals surface area contributed by atoms with Gasteiger partial charge in [0.2, 0.25) is 5.91 Å². The third kappa shape index (κ3) is 2.57. The lowest BCUT2D eigenvalue weighted by molar-refractivity contribution is -0.117. The van der Waals surface area contributed by atoms with Crippen molar-refractivity contribution in [2.24, 2.45) is 5.73 Å². The van der Waals surface area contributed by atoms with E-state index in [0.29, 0.717) is 13.0 Å². The molecule has 0 bridgehead atoms. The van der Waals surface area contributed by atoms with Crippen LogP contribution in [0.25, 0.3) is 0 Å². The van der Waals surface area contributed by atoms with Crippen LogP contribution in [0.3, 0.4) is 0 Å². The summed E-state index contributed by atoms with van der Waals surface area (Å²) < 4.78 is 5.40. The quantitative estimate of drug-likeness (QED) is 0.943. The first kappa shape index (κ1) is 14.6. The molecule has 2 aromatic rings. The molecule has 0 aliphatic carbocycles. The molecule has 22 heavy (non-hydrogen) atoms. The van der Waals surface area contributed by atoms with Crippen LogP contribution in [0, 0.1) is 6.92 Å². The van der Waals surface area contributed by atoms with Gasteiger partial charge in [-0.25, -0.2) is 0 Å². The van der Waals surface area contributed by atoms with Gasteiger partial charge in [-0.1, -0.05) is 35.9 Å². The van der Waals surface area contributed by atoms with E-state index in [9.17, 15) is 4.79 Å². The van der Waals surface area contributed by atoms with Gasteiger partial charge in [-0.15, -0.1) is 0 Å². The monoisotopic (exact) mass is 296 g/mol. The number of fused-ring (bicyclic) bond motifs is 1. The molecule has 1 unspecified atom stereocenters. The molecule has 0 saturated carbocycles. The second-order valence-electron chi connectivity index (χ2n) is 5.66. The van der Waals surface area contributed by atoms with Crippen molar-refractivity contribution in [3.05, 3.63) is 59.2 Å². The lowest BCUT2D eigenvalue weighted by atomic mass is 10.0. The maximum Gasteiger partial charge on any atom is 0.231 e. The van der Waals surface area contributed by atoms with Crippen LogP contribution >= 0.6 is 0 Å². The van der Waals surface area contributed by atoms with Gasteiger partial charge in [0.25, 0.3) is 0 Å². The number of methoxy groups -OCH3 is 1. The second kappa shape index (κ2) is 5.81. The van der Waals surface area contributed by atoms with Gasteiger partial charge in [0.15, 0.2) is 0 Å². The second-order valence-corrected chi connectivity index (χ2v) is 5.66. The fraction of sp³-hybridized carbons (Fsp3) is 0.278. The van der Waals surface area contributed by atoms with Gasteiger partial charge >= 0.3 is 0 Å². The highest BCUT2D eigenvalue weighted by Gasteiger charge is 2.28. The molecular formula is C18H20N2O2. The third-order valence-corrected chi connectivity index (χ3v) is 4.09. The predicted octanol–water partition coefficient (Wildman–Crippen LogP) is 2.59. The Morgan fingerprint density at radius 3 is 2.82 bits per heavy atom. The van der Waals surface area contributed by atoms with E-state index >= 15 is 0 Å². The van der Waals surface area contributed by atoms with Crippen molar-refractivity contribution in [2.75, 3.05) is 18.6 Å². The first-order chi connectivity index (χ1) is 10.6. The van der Waals surface area contributed by atoms with Crippen LogP contribution in [0.5, 0.6) is 5.75 Å². The Labute approximate surface area is 130 Å². The van der Waals surface area contributed by atoms with Crippen LogP contribution in [0.2, 0.25) is 0 Å². The molecule has 1 heterocycles. The first-order valence-electron chi connectivity index (χ1n) is 7.38. The molecule has 1 amide bonds. The van der Waals surface area contributed by atoms with E-state index in [1.165, 1.54) is 0 Å². The SMILES string of the molecule is COc1ccc(C)cc1C(N)CN1C(=O)Cc2ccccc21. The largest absolute Gasteiger partial charge is 0.496 e. The van der Waals surface area contributed by atoms with Gasteiger partial charge in [-0.05, 0) is 24.6 Å². The summed E-state index contributed by atoms with van der Waals surface area (Å²) >= 11 is 0. The summed E-state index contributed by atoms with van der Waals surface area (Å²) in [5.74, 6) is 0.862. The van der Waals surface area contributed by atoms with Crippen LogP contribution in [-0.4, -0.2) is 19.6 Å². The molecule has 4 nitrogen and oxygen atoms in total. The smallest absolute Gasteiger partial charge is 0.231 e. The Balaban J connectivity index is 1.87. The number of aryl methyl sites for hydroxylation is 1. The van der Waals surface area contributed by atoms with Crippen molar-refractivity contribution in [1.82, 2.24) is 0 Å². The standard InChI is InChI=1S/C18H20N2O2/c1-12-7-8-17(22-2)14(9-12)15(19)11-20-16-6-4-3-5-13(16)10-18(20)21/h3-9,15H,10-11,19H2,1-2H3. The van der Waals surface area contributed by atoms with Gasteiger partial charge in [0.05, 0.1) is 19.6 Å². The topological polar surface area (TPSA) is 55.6 Å². The Bertz CT molecular complexity index is 712. The van der Waals surface area contributed by atoms with Crippen molar-refractivity contribution < 1.29 is 9.53 Å². The Kier molecular flexibility index (Phi) is 3.86. The lowest BCUT2D eigenvalue weighted by Crippen LogP contribution is -2.34. The molecule has 2 aromatic carbocycles. The zero-order valence-corrected chi connectivity index (χ0v) is 12.9. The number of anilines is 1. The summed E-state index contributed by atoms with van der Waals surface area (Å²) in [4.78, 5) is 14.0. The van der Waals surface area contributed by atoms with E-state index in [2.05, 4.69) is 0 Å². The summed E-state index contributed by atoms with van der Waals surface area (Å²) in [7, 11) is 1.64. The van der Waals surface area contributed by atoms with Crippen molar-refractivity contribution >= 4 is 11.6 Å². The van der Waals surface area contributed by atoms with Crippen LogP contribution in [-0.2, 0) is 11.2 Å². The van der Waals surface area contributed by atoms with E-state index in [-0.39, 0.29) is 11.9 Å². The molecule has 1 aliphatic rings. The summed E-state index contributed by atoms with van der Waals surface area (Å²) in [6, 6.07) is 13.5. The summed E-state index contributed by atoms with van der Waals surface area (Å²) in [5.41, 5.74) is 10.5. The number of benzene rings is 2.